The largest absolute Gasteiger partial charge is 0.341 e. The molecule has 0 aliphatic carbocycles. The number of nitrogens with zero attached hydrogens (tertiary/aromatic N) is 2. The maximum absolute atomic E-state index is 12.7. The highest BCUT2D eigenvalue weighted by molar-refractivity contribution is 6.37. The van der Waals surface area contributed by atoms with E-state index in [-0.39, 0.29) is 29.3 Å². The van der Waals surface area contributed by atoms with Crippen molar-refractivity contribution in [1.29, 1.82) is 0 Å². The van der Waals surface area contributed by atoms with Crippen molar-refractivity contribution in [3.05, 3.63) is 70.2 Å². The third-order valence-corrected chi connectivity index (χ3v) is 5.56. The maximum atomic E-state index is 12.7. The van der Waals surface area contributed by atoms with Gasteiger partial charge in [-0.2, -0.15) is 0 Å². The quantitative estimate of drug-likeness (QED) is 0.763. The van der Waals surface area contributed by atoms with E-state index in [4.69, 9.17) is 11.6 Å². The fourth-order valence-electron chi connectivity index (χ4n) is 3.83. The summed E-state index contributed by atoms with van der Waals surface area (Å²) in [5.41, 5.74) is 1.75. The third kappa shape index (κ3) is 3.23. The van der Waals surface area contributed by atoms with E-state index in [0.717, 1.165) is 5.56 Å². The molecule has 5 nitrogen and oxygen atoms in total. The Kier molecular flexibility index (Phi) is 4.70. The molecule has 27 heavy (non-hydrogen) atoms. The molecule has 2 aliphatic heterocycles. The zero-order valence-corrected chi connectivity index (χ0v) is 15.5. The first-order valence-corrected chi connectivity index (χ1v) is 9.42. The van der Waals surface area contributed by atoms with Crippen LogP contribution >= 0.6 is 11.6 Å². The molecular weight excluding hydrogens is 364 g/mol. The number of fused-ring (bicyclic) bond motifs is 1. The van der Waals surface area contributed by atoms with Gasteiger partial charge in [0.05, 0.1) is 22.2 Å². The molecule has 1 saturated heterocycles. The van der Waals surface area contributed by atoms with Gasteiger partial charge in [-0.3, -0.25) is 19.3 Å². The van der Waals surface area contributed by atoms with Crippen LogP contribution in [0.4, 0.5) is 0 Å². The summed E-state index contributed by atoms with van der Waals surface area (Å²) in [5.74, 6) is -0.624. The fourth-order valence-corrected chi connectivity index (χ4v) is 4.08. The predicted octanol–water partition coefficient (Wildman–Crippen LogP) is 3.17. The minimum atomic E-state index is -0.357. The summed E-state index contributed by atoms with van der Waals surface area (Å²) in [6.45, 7) is 0.941. The SMILES string of the molecule is O=C(CCc1ccccc1)N1CCC(N2C(=O)c3cccc(Cl)c3C2=O)C1. The Balaban J connectivity index is 1.41. The lowest BCUT2D eigenvalue weighted by atomic mass is 10.1. The molecule has 0 spiro atoms. The molecule has 1 atom stereocenters. The van der Waals surface area contributed by atoms with Crippen LogP contribution in [0, 0.1) is 0 Å². The van der Waals surface area contributed by atoms with Crippen LogP contribution in [0.1, 0.15) is 39.1 Å². The molecular formula is C21H19ClN2O3. The van der Waals surface area contributed by atoms with E-state index in [0.29, 0.717) is 42.9 Å². The standard InChI is InChI=1S/C21H19ClN2O3/c22-17-8-4-7-16-19(17)21(27)24(20(16)26)15-11-12-23(13-15)18(25)10-9-14-5-2-1-3-6-14/h1-8,15H,9-13H2. The average molecular weight is 383 g/mol. The Bertz CT molecular complexity index is 913. The number of amides is 3. The van der Waals surface area contributed by atoms with Crippen LogP contribution in [-0.4, -0.2) is 46.7 Å². The number of benzene rings is 2. The third-order valence-electron chi connectivity index (χ3n) is 5.25. The molecule has 2 aliphatic rings. The van der Waals surface area contributed by atoms with E-state index >= 15 is 0 Å². The Hall–Kier alpha value is -2.66. The maximum Gasteiger partial charge on any atom is 0.263 e. The Morgan fingerprint density at radius 1 is 1.04 bits per heavy atom. The van der Waals surface area contributed by atoms with Crippen molar-refractivity contribution in [2.45, 2.75) is 25.3 Å². The van der Waals surface area contributed by atoms with Crippen LogP contribution < -0.4 is 0 Å². The normalized spacial score (nSPS) is 18.9. The molecule has 138 valence electrons. The van der Waals surface area contributed by atoms with Gasteiger partial charge in [-0.05, 0) is 30.5 Å². The van der Waals surface area contributed by atoms with Crippen molar-refractivity contribution in [3.8, 4) is 0 Å². The summed E-state index contributed by atoms with van der Waals surface area (Å²) >= 11 is 6.12. The highest BCUT2D eigenvalue weighted by Gasteiger charge is 2.43. The van der Waals surface area contributed by atoms with E-state index in [1.165, 1.54) is 4.90 Å². The van der Waals surface area contributed by atoms with E-state index in [1.54, 1.807) is 23.1 Å². The highest BCUT2D eigenvalue weighted by atomic mass is 35.5. The number of aryl methyl sites for hydroxylation is 1. The van der Waals surface area contributed by atoms with Gasteiger partial charge in [0.2, 0.25) is 5.91 Å². The predicted molar refractivity (Wildman–Crippen MR) is 102 cm³/mol. The number of likely N-dealkylation sites (tertiary alicyclic amines) is 1. The van der Waals surface area contributed by atoms with E-state index in [9.17, 15) is 14.4 Å². The lowest BCUT2D eigenvalue weighted by molar-refractivity contribution is -0.130. The summed E-state index contributed by atoms with van der Waals surface area (Å²) < 4.78 is 0. The number of rotatable bonds is 4. The Labute approximate surface area is 162 Å². The number of carbonyl (C=O) groups excluding carboxylic acids is 3. The van der Waals surface area contributed by atoms with Gasteiger partial charge < -0.3 is 4.90 Å². The topological polar surface area (TPSA) is 57.7 Å². The van der Waals surface area contributed by atoms with E-state index < -0.39 is 0 Å². The molecule has 4 rings (SSSR count). The number of hydrogen-bond acceptors (Lipinski definition) is 3. The second-order valence-electron chi connectivity index (χ2n) is 6.91. The lowest BCUT2D eigenvalue weighted by Gasteiger charge is -2.22. The molecule has 2 aromatic carbocycles. The molecule has 1 fully saturated rings. The van der Waals surface area contributed by atoms with Crippen molar-refractivity contribution in [1.82, 2.24) is 9.80 Å². The second-order valence-corrected chi connectivity index (χ2v) is 7.32. The zero-order valence-electron chi connectivity index (χ0n) is 14.7. The Morgan fingerprint density at radius 2 is 1.81 bits per heavy atom. The van der Waals surface area contributed by atoms with Gasteiger partial charge in [0.15, 0.2) is 0 Å². The molecule has 0 saturated carbocycles. The molecule has 6 heteroatoms. The summed E-state index contributed by atoms with van der Waals surface area (Å²) in [7, 11) is 0. The van der Waals surface area contributed by atoms with E-state index in [2.05, 4.69) is 0 Å². The van der Waals surface area contributed by atoms with Gasteiger partial charge in [-0.1, -0.05) is 48.0 Å². The molecule has 2 heterocycles. The first-order chi connectivity index (χ1) is 13.1. The highest BCUT2D eigenvalue weighted by Crippen LogP contribution is 2.32. The first kappa shape index (κ1) is 17.7. The second kappa shape index (κ2) is 7.16. The number of halogens is 1. The van der Waals surface area contributed by atoms with Crippen molar-refractivity contribution >= 4 is 29.3 Å². The van der Waals surface area contributed by atoms with Crippen molar-refractivity contribution < 1.29 is 14.4 Å². The number of imide groups is 1. The summed E-state index contributed by atoms with van der Waals surface area (Å²) in [6, 6.07) is 14.5. The van der Waals surface area contributed by atoms with Crippen LogP contribution in [-0.2, 0) is 11.2 Å². The fraction of sp³-hybridized carbons (Fsp3) is 0.286. The number of hydrogen-bond donors (Lipinski definition) is 0. The van der Waals surface area contributed by atoms with Crippen LogP contribution in [0.15, 0.2) is 48.5 Å². The van der Waals surface area contributed by atoms with Gasteiger partial charge in [0.1, 0.15) is 0 Å². The molecule has 3 amide bonds. The van der Waals surface area contributed by atoms with Crippen LogP contribution in [0.5, 0.6) is 0 Å². The molecule has 0 radical (unpaired) electrons. The smallest absolute Gasteiger partial charge is 0.263 e. The van der Waals surface area contributed by atoms with Crippen molar-refractivity contribution in [2.75, 3.05) is 13.1 Å². The summed E-state index contributed by atoms with van der Waals surface area (Å²) in [4.78, 5) is 41.0. The molecule has 0 bridgehead atoms. The van der Waals surface area contributed by atoms with Gasteiger partial charge in [0.25, 0.3) is 11.8 Å². The zero-order chi connectivity index (χ0) is 19.0. The first-order valence-electron chi connectivity index (χ1n) is 9.04. The van der Waals surface area contributed by atoms with Crippen LogP contribution in [0.3, 0.4) is 0 Å². The summed E-state index contributed by atoms with van der Waals surface area (Å²) in [5, 5.41) is 0.294. The van der Waals surface area contributed by atoms with Gasteiger partial charge in [0, 0.05) is 19.5 Å². The number of carbonyl (C=O) groups is 3. The summed E-state index contributed by atoms with van der Waals surface area (Å²) in [6.07, 6.45) is 1.70. The van der Waals surface area contributed by atoms with Crippen LogP contribution in [0.2, 0.25) is 5.02 Å². The minimum absolute atomic E-state index is 0.0518. The van der Waals surface area contributed by atoms with E-state index in [1.807, 2.05) is 30.3 Å². The molecule has 0 N–H and O–H groups in total. The lowest BCUT2D eigenvalue weighted by Crippen LogP contribution is -2.42. The average Bonchev–Trinajstić information content (AvgIpc) is 3.25. The van der Waals surface area contributed by atoms with Gasteiger partial charge >= 0.3 is 0 Å². The van der Waals surface area contributed by atoms with Crippen molar-refractivity contribution in [2.24, 2.45) is 0 Å². The molecule has 0 aromatic heterocycles. The van der Waals surface area contributed by atoms with Gasteiger partial charge in [-0.25, -0.2) is 0 Å². The Morgan fingerprint density at radius 3 is 2.56 bits per heavy atom. The minimum Gasteiger partial charge on any atom is -0.341 e. The molecule has 2 aromatic rings. The monoisotopic (exact) mass is 382 g/mol. The molecule has 1 unspecified atom stereocenters. The van der Waals surface area contributed by atoms with Crippen molar-refractivity contribution in [3.63, 3.8) is 0 Å². The van der Waals surface area contributed by atoms with Gasteiger partial charge in [-0.15, -0.1) is 0 Å². The van der Waals surface area contributed by atoms with Crippen LogP contribution in [0.25, 0.3) is 0 Å².